The number of nitrogens with two attached hydrogens (primary N) is 1. The van der Waals surface area contributed by atoms with Gasteiger partial charge in [0, 0.05) is 24.2 Å². The summed E-state index contributed by atoms with van der Waals surface area (Å²) in [7, 11) is 2.01. The van der Waals surface area contributed by atoms with E-state index in [2.05, 4.69) is 15.6 Å². The second-order valence-corrected chi connectivity index (χ2v) is 5.27. The molecule has 2 aromatic carbocycles. The lowest BCUT2D eigenvalue weighted by Gasteiger charge is -2.12. The molecule has 0 fully saturated rings. The average Bonchev–Trinajstić information content (AvgIpc) is 2.74. The summed E-state index contributed by atoms with van der Waals surface area (Å²) in [5.41, 5.74) is 11.2. The molecule has 0 amide bonds. The molecule has 0 bridgehead atoms. The van der Waals surface area contributed by atoms with Gasteiger partial charge < -0.3 is 10.3 Å². The predicted molar refractivity (Wildman–Crippen MR) is 83.8 cm³/mol. The van der Waals surface area contributed by atoms with Crippen LogP contribution in [0.4, 0.5) is 0 Å². The molecule has 0 spiro atoms. The fourth-order valence-corrected chi connectivity index (χ4v) is 2.88. The first-order valence-corrected chi connectivity index (χ1v) is 6.91. The van der Waals surface area contributed by atoms with Gasteiger partial charge in [0.15, 0.2) is 0 Å². The van der Waals surface area contributed by atoms with E-state index in [1.807, 2.05) is 44.3 Å². The fourth-order valence-electron chi connectivity index (χ4n) is 2.64. The van der Waals surface area contributed by atoms with Crippen molar-refractivity contribution >= 4 is 22.6 Å². The third-order valence-electron chi connectivity index (χ3n) is 3.73. The van der Waals surface area contributed by atoms with Crippen LogP contribution in [0, 0.1) is 6.92 Å². The molecule has 0 saturated heterocycles. The number of fused-ring (bicyclic) bond motifs is 1. The highest BCUT2D eigenvalue weighted by Gasteiger charge is 2.14. The maximum atomic E-state index is 6.32. The lowest BCUT2D eigenvalue weighted by molar-refractivity contribution is 0.878. The zero-order valence-electron chi connectivity index (χ0n) is 11.5. The minimum Gasteiger partial charge on any atom is -0.331 e. The van der Waals surface area contributed by atoms with Gasteiger partial charge in [-0.25, -0.2) is 4.98 Å². The van der Waals surface area contributed by atoms with E-state index in [0.717, 1.165) is 38.6 Å². The van der Waals surface area contributed by atoms with Crippen molar-refractivity contribution in [1.29, 1.82) is 0 Å². The van der Waals surface area contributed by atoms with Crippen LogP contribution in [0.2, 0.25) is 5.02 Å². The van der Waals surface area contributed by atoms with Crippen LogP contribution in [0.1, 0.15) is 11.4 Å². The molecule has 1 aromatic heterocycles. The highest BCUT2D eigenvalue weighted by molar-refractivity contribution is 6.33. The Morgan fingerprint density at radius 3 is 2.60 bits per heavy atom. The van der Waals surface area contributed by atoms with Crippen molar-refractivity contribution in [2.45, 2.75) is 13.5 Å². The smallest absolute Gasteiger partial charge is 0.106 e. The Bertz CT molecular complexity index is 790. The van der Waals surface area contributed by atoms with Gasteiger partial charge >= 0.3 is 0 Å². The molecule has 20 heavy (non-hydrogen) atoms. The predicted octanol–water partition coefficient (Wildman–Crippen LogP) is 3.66. The standard InChI is InChI=1S/C16H16ClN3/c1-10-19-15-8-7-11(12-5-3-4-6-14(12)17)13(9-18)16(15)20(10)2/h3-8H,9,18H2,1-2H3. The summed E-state index contributed by atoms with van der Waals surface area (Å²) in [4.78, 5) is 4.55. The van der Waals surface area contributed by atoms with Crippen LogP contribution < -0.4 is 5.73 Å². The fraction of sp³-hybridized carbons (Fsp3) is 0.188. The summed E-state index contributed by atoms with van der Waals surface area (Å²) in [5.74, 6) is 0.978. The molecule has 1 heterocycles. The first-order chi connectivity index (χ1) is 9.63. The van der Waals surface area contributed by atoms with Gasteiger partial charge in [0.1, 0.15) is 5.82 Å². The van der Waals surface area contributed by atoms with E-state index < -0.39 is 0 Å². The van der Waals surface area contributed by atoms with E-state index in [1.165, 1.54) is 0 Å². The summed E-state index contributed by atoms with van der Waals surface area (Å²) >= 11 is 6.32. The number of halogens is 1. The summed E-state index contributed by atoms with van der Waals surface area (Å²) in [6.07, 6.45) is 0. The number of imidazole rings is 1. The molecular formula is C16H16ClN3. The average molecular weight is 286 g/mol. The van der Waals surface area contributed by atoms with Gasteiger partial charge in [-0.1, -0.05) is 35.9 Å². The van der Waals surface area contributed by atoms with Gasteiger partial charge in [0.2, 0.25) is 0 Å². The quantitative estimate of drug-likeness (QED) is 0.781. The van der Waals surface area contributed by atoms with Crippen molar-refractivity contribution in [1.82, 2.24) is 9.55 Å². The third kappa shape index (κ3) is 1.90. The molecule has 4 heteroatoms. The summed E-state index contributed by atoms with van der Waals surface area (Å²) in [6.45, 7) is 2.45. The largest absolute Gasteiger partial charge is 0.331 e. The summed E-state index contributed by atoms with van der Waals surface area (Å²) in [5, 5.41) is 0.737. The Morgan fingerprint density at radius 1 is 1.15 bits per heavy atom. The van der Waals surface area contributed by atoms with Crippen LogP contribution >= 0.6 is 11.6 Å². The van der Waals surface area contributed by atoms with Crippen molar-refractivity contribution in [3.05, 3.63) is 52.8 Å². The van der Waals surface area contributed by atoms with E-state index in [-0.39, 0.29) is 0 Å². The van der Waals surface area contributed by atoms with E-state index in [4.69, 9.17) is 17.3 Å². The molecule has 0 aliphatic heterocycles. The lowest BCUT2D eigenvalue weighted by Crippen LogP contribution is -2.03. The Balaban J connectivity index is 2.37. The number of hydrogen-bond donors (Lipinski definition) is 1. The number of rotatable bonds is 2. The molecule has 2 N–H and O–H groups in total. The van der Waals surface area contributed by atoms with Gasteiger partial charge in [-0.05, 0) is 30.2 Å². The van der Waals surface area contributed by atoms with Gasteiger partial charge in [-0.3, -0.25) is 0 Å². The normalized spacial score (nSPS) is 11.2. The molecule has 0 aliphatic rings. The van der Waals surface area contributed by atoms with Gasteiger partial charge in [-0.2, -0.15) is 0 Å². The molecule has 0 atom stereocenters. The van der Waals surface area contributed by atoms with Gasteiger partial charge in [-0.15, -0.1) is 0 Å². The zero-order chi connectivity index (χ0) is 14.3. The molecular weight excluding hydrogens is 270 g/mol. The van der Waals surface area contributed by atoms with E-state index in [9.17, 15) is 0 Å². The molecule has 3 rings (SSSR count). The highest BCUT2D eigenvalue weighted by atomic mass is 35.5. The van der Waals surface area contributed by atoms with Crippen LogP contribution in [0.25, 0.3) is 22.2 Å². The van der Waals surface area contributed by atoms with Gasteiger partial charge in [0.05, 0.1) is 11.0 Å². The number of nitrogens with zero attached hydrogens (tertiary/aromatic N) is 2. The number of aryl methyl sites for hydroxylation is 2. The summed E-state index contributed by atoms with van der Waals surface area (Å²) in [6, 6.07) is 11.9. The zero-order valence-corrected chi connectivity index (χ0v) is 12.3. The lowest BCUT2D eigenvalue weighted by atomic mass is 9.98. The Labute approximate surface area is 123 Å². The topological polar surface area (TPSA) is 43.8 Å². The molecule has 0 aliphatic carbocycles. The van der Waals surface area contributed by atoms with Crippen molar-refractivity contribution in [2.24, 2.45) is 12.8 Å². The van der Waals surface area contributed by atoms with Crippen molar-refractivity contribution in [2.75, 3.05) is 0 Å². The summed E-state index contributed by atoms with van der Waals surface area (Å²) < 4.78 is 2.08. The molecule has 3 nitrogen and oxygen atoms in total. The molecule has 3 aromatic rings. The maximum absolute atomic E-state index is 6.32. The highest BCUT2D eigenvalue weighted by Crippen LogP contribution is 2.34. The second kappa shape index (κ2) is 4.93. The SMILES string of the molecule is Cc1nc2ccc(-c3ccccc3Cl)c(CN)c2n1C. The minimum absolute atomic E-state index is 0.455. The van der Waals surface area contributed by atoms with Crippen LogP contribution in [0.3, 0.4) is 0 Å². The van der Waals surface area contributed by atoms with Crippen LogP contribution in [-0.2, 0) is 13.6 Å². The van der Waals surface area contributed by atoms with Crippen molar-refractivity contribution in [3.8, 4) is 11.1 Å². The maximum Gasteiger partial charge on any atom is 0.106 e. The first-order valence-electron chi connectivity index (χ1n) is 6.53. The van der Waals surface area contributed by atoms with E-state index in [0.29, 0.717) is 6.54 Å². The van der Waals surface area contributed by atoms with Crippen molar-refractivity contribution in [3.63, 3.8) is 0 Å². The molecule has 0 saturated carbocycles. The first kappa shape index (κ1) is 13.2. The monoisotopic (exact) mass is 285 g/mol. The molecule has 102 valence electrons. The van der Waals surface area contributed by atoms with E-state index >= 15 is 0 Å². The van der Waals surface area contributed by atoms with Crippen LogP contribution in [0.5, 0.6) is 0 Å². The van der Waals surface area contributed by atoms with Crippen LogP contribution in [-0.4, -0.2) is 9.55 Å². The Morgan fingerprint density at radius 2 is 1.90 bits per heavy atom. The minimum atomic E-state index is 0.455. The third-order valence-corrected chi connectivity index (χ3v) is 4.06. The molecule has 0 unspecified atom stereocenters. The number of hydrogen-bond acceptors (Lipinski definition) is 2. The van der Waals surface area contributed by atoms with E-state index in [1.54, 1.807) is 0 Å². The second-order valence-electron chi connectivity index (χ2n) is 4.86. The Hall–Kier alpha value is -1.84. The molecule has 0 radical (unpaired) electrons. The van der Waals surface area contributed by atoms with Gasteiger partial charge in [0.25, 0.3) is 0 Å². The number of aromatic nitrogens is 2. The van der Waals surface area contributed by atoms with Crippen molar-refractivity contribution < 1.29 is 0 Å². The number of benzene rings is 2. The Kier molecular flexibility index (Phi) is 3.24. The van der Waals surface area contributed by atoms with Crippen LogP contribution in [0.15, 0.2) is 36.4 Å².